The van der Waals surface area contributed by atoms with Gasteiger partial charge in [0.2, 0.25) is 0 Å². The first kappa shape index (κ1) is 17.5. The van der Waals surface area contributed by atoms with E-state index in [1.54, 1.807) is 13.8 Å². The second-order valence-corrected chi connectivity index (χ2v) is 7.43. The molecule has 4 heteroatoms. The summed E-state index contributed by atoms with van der Waals surface area (Å²) in [5, 5.41) is 10.9. The number of nitrogens with zero attached hydrogens (tertiary/aromatic N) is 3. The van der Waals surface area contributed by atoms with Crippen LogP contribution in [0.15, 0.2) is 42.5 Å². The van der Waals surface area contributed by atoms with E-state index in [-0.39, 0.29) is 0 Å². The molecule has 1 N–H and O–H groups in total. The number of unbranched alkanes of at least 4 members (excludes halogenated alkanes) is 1. The van der Waals surface area contributed by atoms with Crippen molar-refractivity contribution in [2.24, 2.45) is 0 Å². The van der Waals surface area contributed by atoms with E-state index in [9.17, 15) is 5.11 Å². The molecule has 0 atom stereocenters. The lowest BCUT2D eigenvalue weighted by Gasteiger charge is -2.06. The van der Waals surface area contributed by atoms with Crippen molar-refractivity contribution >= 4 is 33.1 Å². The molecule has 0 saturated carbocycles. The zero-order chi connectivity index (χ0) is 19.0. The average Bonchev–Trinajstić information content (AvgIpc) is 2.94. The van der Waals surface area contributed by atoms with Gasteiger partial charge >= 0.3 is 0 Å². The summed E-state index contributed by atoms with van der Waals surface area (Å²) >= 11 is 0. The SMILES string of the molecule is CCCCn1c2ccc(C#CC(C)(C)O)cc2c2nc3ccccc3nc21. The van der Waals surface area contributed by atoms with E-state index in [1.165, 1.54) is 0 Å². The Morgan fingerprint density at radius 3 is 2.52 bits per heavy atom. The Hall–Kier alpha value is -2.90. The average molecular weight is 357 g/mol. The molecular formula is C23H23N3O. The number of para-hydroxylation sites is 2. The quantitative estimate of drug-likeness (QED) is 0.543. The maximum Gasteiger partial charge on any atom is 0.160 e. The van der Waals surface area contributed by atoms with Crippen LogP contribution < -0.4 is 0 Å². The fourth-order valence-electron chi connectivity index (χ4n) is 3.28. The third-order valence-corrected chi connectivity index (χ3v) is 4.60. The molecule has 0 amide bonds. The summed E-state index contributed by atoms with van der Waals surface area (Å²) in [6.45, 7) is 6.48. The van der Waals surface area contributed by atoms with Gasteiger partial charge in [-0.1, -0.05) is 37.3 Å². The Bertz CT molecular complexity index is 1200. The van der Waals surface area contributed by atoms with Gasteiger partial charge < -0.3 is 9.67 Å². The smallest absolute Gasteiger partial charge is 0.160 e. The molecule has 4 rings (SSSR count). The summed E-state index contributed by atoms with van der Waals surface area (Å²) in [5.74, 6) is 5.96. The minimum atomic E-state index is -1.01. The molecule has 2 aromatic heterocycles. The van der Waals surface area contributed by atoms with Gasteiger partial charge in [-0.15, -0.1) is 0 Å². The highest BCUT2D eigenvalue weighted by atomic mass is 16.3. The number of rotatable bonds is 3. The first-order valence-corrected chi connectivity index (χ1v) is 9.40. The lowest BCUT2D eigenvalue weighted by molar-refractivity contribution is 0.143. The topological polar surface area (TPSA) is 50.9 Å². The van der Waals surface area contributed by atoms with Crippen LogP contribution in [0.2, 0.25) is 0 Å². The van der Waals surface area contributed by atoms with Crippen LogP contribution in [0, 0.1) is 11.8 Å². The molecule has 0 aliphatic rings. The molecule has 4 aromatic rings. The second-order valence-electron chi connectivity index (χ2n) is 7.43. The molecule has 0 saturated heterocycles. The van der Waals surface area contributed by atoms with Crippen molar-refractivity contribution in [1.82, 2.24) is 14.5 Å². The molecular weight excluding hydrogens is 334 g/mol. The number of fused-ring (bicyclic) bond motifs is 4. The third-order valence-electron chi connectivity index (χ3n) is 4.60. The number of aryl methyl sites for hydroxylation is 1. The van der Waals surface area contributed by atoms with Crippen molar-refractivity contribution in [2.75, 3.05) is 0 Å². The highest BCUT2D eigenvalue weighted by molar-refractivity contribution is 6.06. The molecule has 0 aliphatic heterocycles. The van der Waals surface area contributed by atoms with Crippen molar-refractivity contribution in [1.29, 1.82) is 0 Å². The molecule has 2 heterocycles. The summed E-state index contributed by atoms with van der Waals surface area (Å²) in [5.41, 5.74) is 4.62. The highest BCUT2D eigenvalue weighted by Gasteiger charge is 2.15. The Labute approximate surface area is 158 Å². The molecule has 0 unspecified atom stereocenters. The van der Waals surface area contributed by atoms with Crippen LogP contribution in [0.1, 0.15) is 39.2 Å². The molecule has 4 nitrogen and oxygen atoms in total. The van der Waals surface area contributed by atoms with E-state index < -0.39 is 5.60 Å². The van der Waals surface area contributed by atoms with Crippen LogP contribution in [0.5, 0.6) is 0 Å². The molecule has 27 heavy (non-hydrogen) atoms. The number of aromatic nitrogens is 3. The normalized spacial score (nSPS) is 11.9. The predicted octanol–water partition coefficient (Wildman–Crippen LogP) is 4.66. The summed E-state index contributed by atoms with van der Waals surface area (Å²) in [7, 11) is 0. The summed E-state index contributed by atoms with van der Waals surface area (Å²) in [6.07, 6.45) is 2.21. The maximum atomic E-state index is 9.88. The molecule has 0 radical (unpaired) electrons. The molecule has 136 valence electrons. The van der Waals surface area contributed by atoms with Crippen molar-refractivity contribution < 1.29 is 5.11 Å². The van der Waals surface area contributed by atoms with Crippen LogP contribution in [-0.4, -0.2) is 25.2 Å². The zero-order valence-electron chi connectivity index (χ0n) is 16.0. The van der Waals surface area contributed by atoms with Gasteiger partial charge in [-0.2, -0.15) is 0 Å². The van der Waals surface area contributed by atoms with Crippen LogP contribution in [0.4, 0.5) is 0 Å². The monoisotopic (exact) mass is 357 g/mol. The molecule has 2 aromatic carbocycles. The van der Waals surface area contributed by atoms with Crippen LogP contribution in [-0.2, 0) is 6.54 Å². The summed E-state index contributed by atoms with van der Waals surface area (Å²) in [6, 6.07) is 14.1. The number of benzene rings is 2. The first-order valence-electron chi connectivity index (χ1n) is 9.40. The van der Waals surface area contributed by atoms with Gasteiger partial charge in [0, 0.05) is 17.5 Å². The fourth-order valence-corrected chi connectivity index (χ4v) is 3.28. The lowest BCUT2D eigenvalue weighted by Crippen LogP contribution is -2.14. The van der Waals surface area contributed by atoms with E-state index in [2.05, 4.69) is 35.5 Å². The van der Waals surface area contributed by atoms with Crippen molar-refractivity contribution in [3.63, 3.8) is 0 Å². The second kappa shape index (κ2) is 6.68. The van der Waals surface area contributed by atoms with E-state index in [1.807, 2.05) is 30.3 Å². The summed E-state index contributed by atoms with van der Waals surface area (Å²) < 4.78 is 2.26. The molecule has 0 aliphatic carbocycles. The van der Waals surface area contributed by atoms with Gasteiger partial charge in [0.1, 0.15) is 11.1 Å². The largest absolute Gasteiger partial charge is 0.378 e. The predicted molar refractivity (Wildman–Crippen MR) is 111 cm³/mol. The van der Waals surface area contributed by atoms with E-state index in [0.29, 0.717) is 0 Å². The molecule has 0 spiro atoms. The number of aliphatic hydroxyl groups is 1. The Kier molecular flexibility index (Phi) is 4.33. The number of hydrogen-bond donors (Lipinski definition) is 1. The maximum absolute atomic E-state index is 9.88. The lowest BCUT2D eigenvalue weighted by atomic mass is 10.1. The van der Waals surface area contributed by atoms with Crippen molar-refractivity contribution in [3.05, 3.63) is 48.0 Å². The van der Waals surface area contributed by atoms with Gasteiger partial charge in [0.05, 0.1) is 16.6 Å². The molecule has 0 fully saturated rings. The Balaban J connectivity index is 2.00. The minimum Gasteiger partial charge on any atom is -0.378 e. The van der Waals surface area contributed by atoms with E-state index in [4.69, 9.17) is 9.97 Å². The van der Waals surface area contributed by atoms with Gasteiger partial charge in [0.15, 0.2) is 5.65 Å². The standard InChI is InChI=1S/C23H23N3O/c1-4-5-14-26-20-11-10-16(12-13-23(2,3)27)15-17(20)21-22(26)25-19-9-7-6-8-18(19)24-21/h6-11,15,27H,4-5,14H2,1-3H3. The van der Waals surface area contributed by atoms with Crippen LogP contribution >= 0.6 is 0 Å². The fraction of sp³-hybridized carbons (Fsp3) is 0.304. The zero-order valence-corrected chi connectivity index (χ0v) is 16.0. The van der Waals surface area contributed by atoms with Gasteiger partial charge in [-0.3, -0.25) is 0 Å². The van der Waals surface area contributed by atoms with Crippen LogP contribution in [0.25, 0.3) is 33.1 Å². The minimum absolute atomic E-state index is 0.870. The first-order chi connectivity index (χ1) is 13.0. The Morgan fingerprint density at radius 2 is 1.81 bits per heavy atom. The number of hydrogen-bond acceptors (Lipinski definition) is 3. The van der Waals surface area contributed by atoms with E-state index >= 15 is 0 Å². The van der Waals surface area contributed by atoms with Crippen LogP contribution in [0.3, 0.4) is 0 Å². The van der Waals surface area contributed by atoms with Gasteiger partial charge in [0.25, 0.3) is 0 Å². The van der Waals surface area contributed by atoms with E-state index in [0.717, 1.165) is 58.1 Å². The highest BCUT2D eigenvalue weighted by Crippen LogP contribution is 2.29. The van der Waals surface area contributed by atoms with Gasteiger partial charge in [-0.05, 0) is 50.6 Å². The summed E-state index contributed by atoms with van der Waals surface area (Å²) in [4.78, 5) is 9.81. The Morgan fingerprint density at radius 1 is 1.07 bits per heavy atom. The van der Waals surface area contributed by atoms with Crippen molar-refractivity contribution in [2.45, 2.75) is 45.8 Å². The van der Waals surface area contributed by atoms with Gasteiger partial charge in [-0.25, -0.2) is 9.97 Å². The molecule has 0 bridgehead atoms. The third kappa shape index (κ3) is 3.39. The van der Waals surface area contributed by atoms with Crippen molar-refractivity contribution in [3.8, 4) is 11.8 Å².